The first-order valence-corrected chi connectivity index (χ1v) is 6.97. The zero-order valence-corrected chi connectivity index (χ0v) is 12.3. The van der Waals surface area contributed by atoms with Gasteiger partial charge in [0, 0.05) is 31.9 Å². The van der Waals surface area contributed by atoms with E-state index in [9.17, 15) is 4.79 Å². The summed E-state index contributed by atoms with van der Waals surface area (Å²) in [7, 11) is 0. The SMILES string of the molecule is CCn1ccc(C(C)NC(=O)CCn2cc(Cl)cn2)n1. The van der Waals surface area contributed by atoms with Gasteiger partial charge >= 0.3 is 0 Å². The van der Waals surface area contributed by atoms with Crippen molar-refractivity contribution in [3.63, 3.8) is 0 Å². The van der Waals surface area contributed by atoms with Crippen molar-refractivity contribution in [2.24, 2.45) is 0 Å². The van der Waals surface area contributed by atoms with Crippen molar-refractivity contribution in [3.05, 3.63) is 35.4 Å². The summed E-state index contributed by atoms with van der Waals surface area (Å²) in [5.74, 6) is -0.0322. The normalized spacial score (nSPS) is 12.3. The number of rotatable bonds is 6. The van der Waals surface area contributed by atoms with Crippen molar-refractivity contribution < 1.29 is 4.79 Å². The standard InChI is InChI=1S/C13H18ClN5O/c1-3-18-6-4-12(17-18)10(2)16-13(20)5-7-19-9-11(14)8-15-19/h4,6,8-10H,3,5,7H2,1-2H3,(H,16,20). The van der Waals surface area contributed by atoms with Crippen LogP contribution in [0.4, 0.5) is 0 Å². The molecule has 1 N–H and O–H groups in total. The van der Waals surface area contributed by atoms with E-state index in [1.54, 1.807) is 17.1 Å². The number of aromatic nitrogens is 4. The molecule has 1 atom stereocenters. The van der Waals surface area contributed by atoms with Gasteiger partial charge < -0.3 is 5.32 Å². The van der Waals surface area contributed by atoms with Crippen molar-refractivity contribution in [2.75, 3.05) is 0 Å². The van der Waals surface area contributed by atoms with Crippen molar-refractivity contribution in [3.8, 4) is 0 Å². The fourth-order valence-electron chi connectivity index (χ4n) is 1.85. The summed E-state index contributed by atoms with van der Waals surface area (Å²) in [5.41, 5.74) is 0.863. The maximum absolute atomic E-state index is 11.9. The minimum Gasteiger partial charge on any atom is -0.348 e. The van der Waals surface area contributed by atoms with Crippen LogP contribution in [0.15, 0.2) is 24.7 Å². The molecule has 0 aliphatic carbocycles. The van der Waals surface area contributed by atoms with E-state index in [1.807, 2.05) is 30.8 Å². The maximum atomic E-state index is 11.9. The molecule has 20 heavy (non-hydrogen) atoms. The maximum Gasteiger partial charge on any atom is 0.222 e. The fourth-order valence-corrected chi connectivity index (χ4v) is 2.01. The highest BCUT2D eigenvalue weighted by Gasteiger charge is 2.12. The van der Waals surface area contributed by atoms with Gasteiger partial charge in [-0.1, -0.05) is 11.6 Å². The monoisotopic (exact) mass is 295 g/mol. The van der Waals surface area contributed by atoms with E-state index < -0.39 is 0 Å². The average Bonchev–Trinajstić information content (AvgIpc) is 3.05. The first-order chi connectivity index (χ1) is 9.58. The first-order valence-electron chi connectivity index (χ1n) is 6.59. The molecule has 1 amide bonds. The molecule has 108 valence electrons. The van der Waals surface area contributed by atoms with Gasteiger partial charge in [0.2, 0.25) is 5.91 Å². The number of halogens is 1. The zero-order chi connectivity index (χ0) is 14.5. The number of nitrogens with zero attached hydrogens (tertiary/aromatic N) is 4. The highest BCUT2D eigenvalue weighted by molar-refractivity contribution is 6.30. The van der Waals surface area contributed by atoms with E-state index in [1.165, 1.54) is 0 Å². The van der Waals surface area contributed by atoms with E-state index in [0.29, 0.717) is 18.0 Å². The molecule has 0 spiro atoms. The second kappa shape index (κ2) is 6.56. The summed E-state index contributed by atoms with van der Waals surface area (Å²) in [6.07, 6.45) is 5.52. The Morgan fingerprint density at radius 2 is 2.30 bits per heavy atom. The van der Waals surface area contributed by atoms with Crippen LogP contribution in [0.25, 0.3) is 0 Å². The molecule has 0 saturated carbocycles. The predicted molar refractivity (Wildman–Crippen MR) is 76.3 cm³/mol. The fraction of sp³-hybridized carbons (Fsp3) is 0.462. The van der Waals surface area contributed by atoms with Crippen LogP contribution in [0, 0.1) is 0 Å². The Bertz CT molecular complexity index is 577. The minimum absolute atomic E-state index is 0.0322. The third-order valence-electron chi connectivity index (χ3n) is 2.98. The molecule has 0 aromatic carbocycles. The lowest BCUT2D eigenvalue weighted by molar-refractivity contribution is -0.122. The molecule has 2 rings (SSSR count). The molecular weight excluding hydrogens is 278 g/mol. The Balaban J connectivity index is 1.81. The Hall–Kier alpha value is -1.82. The van der Waals surface area contributed by atoms with Crippen LogP contribution in [0.5, 0.6) is 0 Å². The van der Waals surface area contributed by atoms with Crippen molar-refractivity contribution in [2.45, 2.75) is 39.4 Å². The molecule has 0 bridgehead atoms. The summed E-state index contributed by atoms with van der Waals surface area (Å²) in [5, 5.41) is 11.9. The number of hydrogen-bond acceptors (Lipinski definition) is 3. The van der Waals surface area contributed by atoms with Crippen LogP contribution in [0.2, 0.25) is 5.02 Å². The summed E-state index contributed by atoms with van der Waals surface area (Å²) >= 11 is 5.76. The lowest BCUT2D eigenvalue weighted by Gasteiger charge is -2.11. The topological polar surface area (TPSA) is 64.7 Å². The number of hydrogen-bond donors (Lipinski definition) is 1. The lowest BCUT2D eigenvalue weighted by atomic mass is 10.2. The van der Waals surface area contributed by atoms with Gasteiger partial charge in [0.25, 0.3) is 0 Å². The highest BCUT2D eigenvalue weighted by atomic mass is 35.5. The van der Waals surface area contributed by atoms with Gasteiger partial charge in [-0.2, -0.15) is 10.2 Å². The Labute approximate surface area is 122 Å². The molecule has 0 aliphatic heterocycles. The molecular formula is C13H18ClN5O. The van der Waals surface area contributed by atoms with Gasteiger partial charge in [-0.25, -0.2) is 0 Å². The quantitative estimate of drug-likeness (QED) is 0.887. The minimum atomic E-state index is -0.100. The molecule has 6 nitrogen and oxygen atoms in total. The van der Waals surface area contributed by atoms with Crippen molar-refractivity contribution >= 4 is 17.5 Å². The summed E-state index contributed by atoms with van der Waals surface area (Å²) in [4.78, 5) is 11.9. The molecule has 0 aliphatic rings. The Kier molecular flexibility index (Phi) is 4.79. The molecule has 0 saturated heterocycles. The molecule has 2 heterocycles. The zero-order valence-electron chi connectivity index (χ0n) is 11.6. The number of nitrogens with one attached hydrogen (secondary N) is 1. The van der Waals surface area contributed by atoms with Crippen LogP contribution in [-0.4, -0.2) is 25.5 Å². The number of carbonyl (C=O) groups is 1. The van der Waals surface area contributed by atoms with Gasteiger partial charge in [-0.15, -0.1) is 0 Å². The largest absolute Gasteiger partial charge is 0.348 e. The van der Waals surface area contributed by atoms with Gasteiger partial charge in [-0.05, 0) is 19.9 Å². The third kappa shape index (κ3) is 3.84. The van der Waals surface area contributed by atoms with Crippen LogP contribution in [0.3, 0.4) is 0 Å². The smallest absolute Gasteiger partial charge is 0.222 e. The van der Waals surface area contributed by atoms with Crippen molar-refractivity contribution in [1.82, 2.24) is 24.9 Å². The lowest BCUT2D eigenvalue weighted by Crippen LogP contribution is -2.27. The molecule has 2 aromatic rings. The van der Waals surface area contributed by atoms with E-state index >= 15 is 0 Å². The van der Waals surface area contributed by atoms with Gasteiger partial charge in [0.15, 0.2) is 0 Å². The summed E-state index contributed by atoms with van der Waals surface area (Å²) in [6, 6.07) is 1.82. The van der Waals surface area contributed by atoms with E-state index in [2.05, 4.69) is 15.5 Å². The molecule has 1 unspecified atom stereocenters. The van der Waals surface area contributed by atoms with E-state index in [0.717, 1.165) is 12.2 Å². The van der Waals surface area contributed by atoms with E-state index in [4.69, 9.17) is 11.6 Å². The van der Waals surface area contributed by atoms with Crippen LogP contribution >= 0.6 is 11.6 Å². The van der Waals surface area contributed by atoms with Crippen LogP contribution in [0.1, 0.15) is 32.0 Å². The Morgan fingerprint density at radius 3 is 2.90 bits per heavy atom. The van der Waals surface area contributed by atoms with Gasteiger partial charge in [-0.3, -0.25) is 14.2 Å². The second-order valence-electron chi connectivity index (χ2n) is 4.56. The Morgan fingerprint density at radius 1 is 1.50 bits per heavy atom. The predicted octanol–water partition coefficient (Wildman–Crippen LogP) is 2.02. The van der Waals surface area contributed by atoms with Gasteiger partial charge in [0.05, 0.1) is 23.0 Å². The van der Waals surface area contributed by atoms with Crippen LogP contribution in [-0.2, 0) is 17.9 Å². The molecule has 0 fully saturated rings. The molecule has 2 aromatic heterocycles. The van der Waals surface area contributed by atoms with Crippen molar-refractivity contribution in [1.29, 1.82) is 0 Å². The number of carbonyl (C=O) groups excluding carboxylic acids is 1. The summed E-state index contributed by atoms with van der Waals surface area (Å²) < 4.78 is 3.49. The molecule has 7 heteroatoms. The van der Waals surface area contributed by atoms with E-state index in [-0.39, 0.29) is 11.9 Å². The number of amides is 1. The summed E-state index contributed by atoms with van der Waals surface area (Å²) in [6.45, 7) is 5.27. The number of aryl methyl sites for hydroxylation is 2. The highest BCUT2D eigenvalue weighted by Crippen LogP contribution is 2.10. The third-order valence-corrected chi connectivity index (χ3v) is 3.17. The molecule has 0 radical (unpaired) electrons. The first kappa shape index (κ1) is 14.6. The average molecular weight is 296 g/mol. The van der Waals surface area contributed by atoms with Gasteiger partial charge in [0.1, 0.15) is 0 Å². The van der Waals surface area contributed by atoms with Crippen LogP contribution < -0.4 is 5.32 Å². The second-order valence-corrected chi connectivity index (χ2v) is 4.99.